The molecule has 1 aliphatic rings. The Balaban J connectivity index is 2.17. The quantitative estimate of drug-likeness (QED) is 0.842. The topological polar surface area (TPSA) is 59.4 Å². The highest BCUT2D eigenvalue weighted by Crippen LogP contribution is 2.34. The number of hydrogen-bond donors (Lipinski definition) is 1. The molecule has 0 aliphatic carbocycles. The minimum atomic E-state index is -4.60. The number of rotatable bonds is 4. The van der Waals surface area contributed by atoms with Gasteiger partial charge in [0, 0.05) is 18.7 Å². The van der Waals surface area contributed by atoms with Crippen molar-refractivity contribution in [2.75, 3.05) is 5.88 Å². The molecule has 5 nitrogen and oxygen atoms in total. The summed E-state index contributed by atoms with van der Waals surface area (Å²) in [6.07, 6.45) is -4.19. The number of nitrogens with zero attached hydrogens (tertiary/aromatic N) is 2. The number of hydrogen-bond acceptors (Lipinski definition) is 4. The molecule has 0 radical (unpaired) electrons. The van der Waals surface area contributed by atoms with Gasteiger partial charge in [-0.2, -0.15) is 13.2 Å². The fraction of sp³-hybridized carbons (Fsp3) is 0.667. The van der Waals surface area contributed by atoms with Crippen LogP contribution in [0.2, 0.25) is 0 Å². The van der Waals surface area contributed by atoms with Crippen molar-refractivity contribution in [1.29, 1.82) is 0 Å². The Bertz CT molecular complexity index is 641. The lowest BCUT2D eigenvalue weighted by Crippen LogP contribution is -2.26. The molecule has 0 bridgehead atoms. The van der Waals surface area contributed by atoms with Crippen LogP contribution in [0.15, 0.2) is 9.95 Å². The standard InChI is InChI=1S/C12H15ClF3N3O2S/c1-3-19-10(20)7(9(17-19)12(14,15)16)5-22-8-4-11(2,6-13)21-18-8/h17H,3-6H2,1-2H3. The van der Waals surface area contributed by atoms with E-state index in [4.69, 9.17) is 16.4 Å². The molecular formula is C12H15ClF3N3O2S. The lowest BCUT2D eigenvalue weighted by Gasteiger charge is -2.16. The fourth-order valence-electron chi connectivity index (χ4n) is 1.96. The molecule has 1 atom stereocenters. The molecule has 0 saturated heterocycles. The average Bonchev–Trinajstić information content (AvgIpc) is 2.98. The molecule has 0 amide bonds. The maximum atomic E-state index is 13.0. The maximum Gasteiger partial charge on any atom is 0.433 e. The van der Waals surface area contributed by atoms with Crippen LogP contribution in [0.3, 0.4) is 0 Å². The molecule has 10 heteroatoms. The van der Waals surface area contributed by atoms with E-state index in [1.165, 1.54) is 0 Å². The van der Waals surface area contributed by atoms with Gasteiger partial charge < -0.3 is 4.84 Å². The number of alkyl halides is 4. The second kappa shape index (κ2) is 6.19. The second-order valence-electron chi connectivity index (χ2n) is 5.14. The van der Waals surface area contributed by atoms with Crippen LogP contribution in [0.4, 0.5) is 13.2 Å². The van der Waals surface area contributed by atoms with Crippen molar-refractivity contribution in [2.24, 2.45) is 5.16 Å². The zero-order valence-corrected chi connectivity index (χ0v) is 13.5. The normalized spacial score (nSPS) is 21.8. The highest BCUT2D eigenvalue weighted by Gasteiger charge is 2.38. The van der Waals surface area contributed by atoms with Gasteiger partial charge in [0.2, 0.25) is 0 Å². The summed E-state index contributed by atoms with van der Waals surface area (Å²) in [7, 11) is 0. The fourth-order valence-corrected chi connectivity index (χ4v) is 3.18. The van der Waals surface area contributed by atoms with Crippen molar-refractivity contribution in [3.8, 4) is 0 Å². The summed E-state index contributed by atoms with van der Waals surface area (Å²) in [6, 6.07) is 0. The molecule has 0 aromatic carbocycles. The molecule has 22 heavy (non-hydrogen) atoms. The molecule has 1 unspecified atom stereocenters. The molecule has 1 aromatic heterocycles. The van der Waals surface area contributed by atoms with Crippen LogP contribution in [-0.2, 0) is 23.3 Å². The number of aromatic amines is 1. The van der Waals surface area contributed by atoms with Crippen molar-refractivity contribution in [3.05, 3.63) is 21.6 Å². The lowest BCUT2D eigenvalue weighted by atomic mass is 10.1. The molecule has 1 aromatic rings. The maximum absolute atomic E-state index is 13.0. The van der Waals surface area contributed by atoms with Gasteiger partial charge in [-0.15, -0.1) is 23.4 Å². The van der Waals surface area contributed by atoms with Crippen molar-refractivity contribution >= 4 is 28.4 Å². The molecule has 0 saturated carbocycles. The van der Waals surface area contributed by atoms with E-state index < -0.39 is 23.0 Å². The third-order valence-corrected chi connectivity index (χ3v) is 4.76. The first-order chi connectivity index (χ1) is 10.2. The Morgan fingerprint density at radius 1 is 1.55 bits per heavy atom. The molecule has 1 N–H and O–H groups in total. The van der Waals surface area contributed by atoms with Gasteiger partial charge >= 0.3 is 6.18 Å². The smallest absolute Gasteiger partial charge is 0.387 e. The van der Waals surface area contributed by atoms with E-state index in [2.05, 4.69) is 10.3 Å². The highest BCUT2D eigenvalue weighted by atomic mass is 35.5. The minimum absolute atomic E-state index is 0.127. The van der Waals surface area contributed by atoms with Crippen molar-refractivity contribution < 1.29 is 18.0 Å². The number of halogens is 4. The van der Waals surface area contributed by atoms with Gasteiger partial charge in [0.15, 0.2) is 5.60 Å². The SMILES string of the molecule is CCn1[nH]c(C(F)(F)F)c(CSC2=NOC(C)(CCl)C2)c1=O. The molecule has 0 fully saturated rings. The van der Waals surface area contributed by atoms with Crippen molar-refractivity contribution in [1.82, 2.24) is 9.78 Å². The molecule has 1 aliphatic heterocycles. The van der Waals surface area contributed by atoms with E-state index in [0.717, 1.165) is 16.4 Å². The Labute approximate surface area is 133 Å². The monoisotopic (exact) mass is 357 g/mol. The van der Waals surface area contributed by atoms with Gasteiger partial charge in [0.1, 0.15) is 10.7 Å². The highest BCUT2D eigenvalue weighted by molar-refractivity contribution is 8.13. The first-order valence-electron chi connectivity index (χ1n) is 6.53. The van der Waals surface area contributed by atoms with Crippen molar-refractivity contribution in [3.63, 3.8) is 0 Å². The number of thioether (sulfide) groups is 1. The van der Waals surface area contributed by atoms with Crippen LogP contribution in [0.5, 0.6) is 0 Å². The van der Waals surface area contributed by atoms with Gasteiger partial charge in [-0.3, -0.25) is 14.6 Å². The van der Waals surface area contributed by atoms with E-state index in [1.807, 2.05) is 0 Å². The van der Waals surface area contributed by atoms with E-state index >= 15 is 0 Å². The molecule has 124 valence electrons. The van der Waals surface area contributed by atoms with Gasteiger partial charge in [-0.05, 0) is 13.8 Å². The van der Waals surface area contributed by atoms with Gasteiger partial charge in [-0.25, -0.2) is 0 Å². The summed E-state index contributed by atoms with van der Waals surface area (Å²) < 4.78 is 39.9. The summed E-state index contributed by atoms with van der Waals surface area (Å²) in [4.78, 5) is 17.1. The predicted molar refractivity (Wildman–Crippen MR) is 79.3 cm³/mol. The zero-order valence-electron chi connectivity index (χ0n) is 12.0. The molecule has 2 rings (SSSR count). The van der Waals surface area contributed by atoms with Gasteiger partial charge in [-0.1, -0.05) is 5.16 Å². The molecule has 0 spiro atoms. The van der Waals surface area contributed by atoms with Gasteiger partial charge in [0.25, 0.3) is 5.56 Å². The predicted octanol–water partition coefficient (Wildman–Crippen LogP) is 3.18. The Kier molecular flexibility index (Phi) is 4.86. The van der Waals surface area contributed by atoms with Crippen LogP contribution >= 0.6 is 23.4 Å². The van der Waals surface area contributed by atoms with E-state index in [0.29, 0.717) is 11.5 Å². The Hall–Kier alpha value is -1.09. The first kappa shape index (κ1) is 17.3. The van der Waals surface area contributed by atoms with Crippen LogP contribution < -0.4 is 5.56 Å². The average molecular weight is 358 g/mol. The number of aryl methyl sites for hydroxylation is 1. The van der Waals surface area contributed by atoms with Crippen molar-refractivity contribution in [2.45, 2.75) is 44.3 Å². The first-order valence-corrected chi connectivity index (χ1v) is 8.05. The minimum Gasteiger partial charge on any atom is -0.387 e. The van der Waals surface area contributed by atoms with Crippen LogP contribution in [0.25, 0.3) is 0 Å². The summed E-state index contributed by atoms with van der Waals surface area (Å²) in [5, 5.41) is 6.46. The summed E-state index contributed by atoms with van der Waals surface area (Å²) >= 11 is 6.81. The van der Waals surface area contributed by atoms with Gasteiger partial charge in [0.05, 0.1) is 11.4 Å². The van der Waals surface area contributed by atoms with Crippen LogP contribution in [0, 0.1) is 0 Å². The summed E-state index contributed by atoms with van der Waals surface area (Å²) in [5.74, 6) is 0.0961. The van der Waals surface area contributed by atoms with E-state index in [1.54, 1.807) is 13.8 Å². The third-order valence-electron chi connectivity index (χ3n) is 3.21. The zero-order chi connectivity index (χ0) is 16.5. The van der Waals surface area contributed by atoms with E-state index in [-0.39, 0.29) is 23.7 Å². The number of aromatic nitrogens is 2. The second-order valence-corrected chi connectivity index (χ2v) is 6.45. The lowest BCUT2D eigenvalue weighted by molar-refractivity contribution is -0.142. The summed E-state index contributed by atoms with van der Waals surface area (Å²) in [6.45, 7) is 3.50. The Morgan fingerprint density at radius 2 is 2.23 bits per heavy atom. The number of nitrogens with one attached hydrogen (secondary N) is 1. The molecule has 2 heterocycles. The van der Waals surface area contributed by atoms with Crippen LogP contribution in [0.1, 0.15) is 31.5 Å². The number of oxime groups is 1. The van der Waals surface area contributed by atoms with E-state index in [9.17, 15) is 18.0 Å². The number of H-pyrrole nitrogens is 1. The Morgan fingerprint density at radius 3 is 2.73 bits per heavy atom. The van der Waals surface area contributed by atoms with Crippen LogP contribution in [-0.4, -0.2) is 26.3 Å². The third kappa shape index (κ3) is 3.45. The summed E-state index contributed by atoms with van der Waals surface area (Å²) in [5.41, 5.74) is -2.62. The largest absolute Gasteiger partial charge is 0.433 e. The molecular weight excluding hydrogens is 343 g/mol.